The van der Waals surface area contributed by atoms with Crippen LogP contribution in [0.1, 0.15) is 24.1 Å². The number of aromatic nitrogens is 5. The molecule has 9 nitrogen and oxygen atoms in total. The van der Waals surface area contributed by atoms with Gasteiger partial charge in [-0.3, -0.25) is 4.57 Å². The van der Waals surface area contributed by atoms with Crippen LogP contribution in [0.2, 0.25) is 5.02 Å². The monoisotopic (exact) mass is 492 g/mol. The first-order valence-electron chi connectivity index (χ1n) is 11.1. The SMILES string of the molecule is C=C(/C=C\C(=C/C)OC)[C@H]1COC(c2ncn3c2Cn2c(COC)nnc2-c2cc(Cl)ccc2-3)=N1. The van der Waals surface area contributed by atoms with Crippen LogP contribution in [-0.2, 0) is 27.4 Å². The van der Waals surface area contributed by atoms with E-state index < -0.39 is 0 Å². The molecule has 2 aliphatic rings. The maximum Gasteiger partial charge on any atom is 0.238 e. The summed E-state index contributed by atoms with van der Waals surface area (Å²) < 4.78 is 20.7. The molecular formula is C25H25ClN6O3. The fourth-order valence-corrected chi connectivity index (χ4v) is 4.34. The minimum Gasteiger partial charge on any atom is -0.497 e. The lowest BCUT2D eigenvalue weighted by molar-refractivity contribution is 0.174. The second-order valence-corrected chi connectivity index (χ2v) is 8.53. The van der Waals surface area contributed by atoms with E-state index in [0.717, 1.165) is 28.3 Å². The molecular weight excluding hydrogens is 468 g/mol. The number of hydrogen-bond donors (Lipinski definition) is 0. The highest BCUT2D eigenvalue weighted by atomic mass is 35.5. The number of aliphatic imine (C=N–C) groups is 1. The Morgan fingerprint density at radius 2 is 2.14 bits per heavy atom. The van der Waals surface area contributed by atoms with Crippen molar-refractivity contribution in [1.82, 2.24) is 24.3 Å². The molecule has 0 spiro atoms. The first-order valence-corrected chi connectivity index (χ1v) is 11.5. The highest BCUT2D eigenvalue weighted by Gasteiger charge is 2.30. The van der Waals surface area contributed by atoms with Gasteiger partial charge in [-0.25, -0.2) is 9.98 Å². The number of allylic oxidation sites excluding steroid dienone is 2. The van der Waals surface area contributed by atoms with Crippen molar-refractivity contribution in [2.75, 3.05) is 20.8 Å². The molecule has 5 rings (SSSR count). The van der Waals surface area contributed by atoms with Crippen LogP contribution in [0.5, 0.6) is 0 Å². The molecule has 4 heterocycles. The average molecular weight is 493 g/mol. The summed E-state index contributed by atoms with van der Waals surface area (Å²) in [5, 5.41) is 9.40. The summed E-state index contributed by atoms with van der Waals surface area (Å²) in [6.07, 6.45) is 7.42. The summed E-state index contributed by atoms with van der Waals surface area (Å²) in [6, 6.07) is 5.48. The van der Waals surface area contributed by atoms with Gasteiger partial charge in [0.1, 0.15) is 37.0 Å². The van der Waals surface area contributed by atoms with E-state index in [1.165, 1.54) is 0 Å². The number of hydrogen-bond acceptors (Lipinski definition) is 7. The molecule has 180 valence electrons. The van der Waals surface area contributed by atoms with E-state index in [-0.39, 0.29) is 6.04 Å². The summed E-state index contributed by atoms with van der Waals surface area (Å²) in [6.45, 7) is 7.26. The number of methoxy groups -OCH3 is 2. The van der Waals surface area contributed by atoms with Crippen molar-refractivity contribution in [1.29, 1.82) is 0 Å². The van der Waals surface area contributed by atoms with E-state index in [9.17, 15) is 0 Å². The predicted octanol–water partition coefficient (Wildman–Crippen LogP) is 4.10. The Morgan fingerprint density at radius 1 is 1.29 bits per heavy atom. The van der Waals surface area contributed by atoms with Crippen LogP contribution in [-0.4, -0.2) is 57.1 Å². The summed E-state index contributed by atoms with van der Waals surface area (Å²) >= 11 is 6.34. The number of ether oxygens (including phenoxy) is 3. The van der Waals surface area contributed by atoms with Crippen LogP contribution in [0.15, 0.2) is 65.7 Å². The van der Waals surface area contributed by atoms with Crippen LogP contribution in [0.4, 0.5) is 0 Å². The standard InChI is InChI=1S/C25H25ClN6O3/c1-5-17(34-4)8-6-15(2)19-12-35-25(28-19)23-21-11-31-22(13-33-3)29-30-24(31)18-10-16(26)7-9-20(18)32(21)14-27-23/h5-10,14,19H,2,11-13H2,1,3-4H3/b8-6-,17-5+/t19-/m1/s1. The van der Waals surface area contributed by atoms with E-state index in [1.807, 2.05) is 52.5 Å². The van der Waals surface area contributed by atoms with E-state index >= 15 is 0 Å². The molecule has 2 aromatic heterocycles. The van der Waals surface area contributed by atoms with Crippen molar-refractivity contribution in [3.63, 3.8) is 0 Å². The molecule has 0 N–H and O–H groups in total. The summed E-state index contributed by atoms with van der Waals surface area (Å²) in [7, 11) is 3.26. The molecule has 0 fully saturated rings. The Kier molecular flexibility index (Phi) is 6.27. The van der Waals surface area contributed by atoms with Crippen molar-refractivity contribution in [3.8, 4) is 17.1 Å². The van der Waals surface area contributed by atoms with Gasteiger partial charge in [-0.15, -0.1) is 10.2 Å². The summed E-state index contributed by atoms with van der Waals surface area (Å²) in [5.41, 5.74) is 4.16. The van der Waals surface area contributed by atoms with Gasteiger partial charge in [-0.2, -0.15) is 0 Å². The molecule has 0 amide bonds. The normalized spacial score (nSPS) is 16.9. The molecule has 0 radical (unpaired) electrons. The van der Waals surface area contributed by atoms with E-state index in [0.29, 0.717) is 48.0 Å². The summed E-state index contributed by atoms with van der Waals surface area (Å²) in [4.78, 5) is 9.47. The molecule has 0 saturated heterocycles. The van der Waals surface area contributed by atoms with E-state index in [2.05, 4.69) is 21.8 Å². The van der Waals surface area contributed by atoms with Gasteiger partial charge in [0.25, 0.3) is 0 Å². The van der Waals surface area contributed by atoms with Crippen molar-refractivity contribution in [2.45, 2.75) is 26.1 Å². The molecule has 0 saturated carbocycles. The van der Waals surface area contributed by atoms with Gasteiger partial charge < -0.3 is 18.8 Å². The lowest BCUT2D eigenvalue weighted by Gasteiger charge is -2.09. The average Bonchev–Trinajstić information content (AvgIpc) is 3.58. The second-order valence-electron chi connectivity index (χ2n) is 8.09. The quantitative estimate of drug-likeness (QED) is 0.285. The third-order valence-electron chi connectivity index (χ3n) is 6.00. The largest absolute Gasteiger partial charge is 0.497 e. The van der Waals surface area contributed by atoms with Gasteiger partial charge in [0.2, 0.25) is 5.90 Å². The van der Waals surface area contributed by atoms with Gasteiger partial charge in [0, 0.05) is 17.7 Å². The maximum absolute atomic E-state index is 6.34. The van der Waals surface area contributed by atoms with E-state index in [1.54, 1.807) is 20.5 Å². The van der Waals surface area contributed by atoms with Crippen molar-refractivity contribution in [2.24, 2.45) is 4.99 Å². The third-order valence-corrected chi connectivity index (χ3v) is 6.23. The molecule has 35 heavy (non-hydrogen) atoms. The van der Waals surface area contributed by atoms with E-state index in [4.69, 9.17) is 30.8 Å². The molecule has 0 bridgehead atoms. The number of fused-ring (bicyclic) bond motifs is 5. The minimum absolute atomic E-state index is 0.208. The smallest absolute Gasteiger partial charge is 0.238 e. The van der Waals surface area contributed by atoms with Crippen LogP contribution in [0, 0.1) is 0 Å². The van der Waals surface area contributed by atoms with Crippen molar-refractivity contribution in [3.05, 3.63) is 82.9 Å². The lowest BCUT2D eigenvalue weighted by Crippen LogP contribution is -2.13. The molecule has 0 aliphatic carbocycles. The Balaban J connectivity index is 1.54. The fourth-order valence-electron chi connectivity index (χ4n) is 4.17. The Morgan fingerprint density at radius 3 is 2.91 bits per heavy atom. The minimum atomic E-state index is -0.208. The predicted molar refractivity (Wildman–Crippen MR) is 133 cm³/mol. The Labute approximate surface area is 208 Å². The van der Waals surface area contributed by atoms with Crippen LogP contribution in [0.25, 0.3) is 17.1 Å². The molecule has 0 unspecified atom stereocenters. The second kappa shape index (κ2) is 9.52. The number of halogens is 1. The molecule has 3 aromatic rings. The topological polar surface area (TPSA) is 88.6 Å². The van der Waals surface area contributed by atoms with Crippen molar-refractivity contribution >= 4 is 17.5 Å². The van der Waals surface area contributed by atoms with Gasteiger partial charge in [0.15, 0.2) is 11.6 Å². The van der Waals surface area contributed by atoms with Crippen LogP contribution < -0.4 is 0 Å². The van der Waals surface area contributed by atoms with Gasteiger partial charge >= 0.3 is 0 Å². The zero-order chi connectivity index (χ0) is 24.5. The van der Waals surface area contributed by atoms with Gasteiger partial charge in [0.05, 0.1) is 25.0 Å². The van der Waals surface area contributed by atoms with Gasteiger partial charge in [-0.1, -0.05) is 24.3 Å². The maximum atomic E-state index is 6.34. The number of imidazole rings is 1. The Hall–Kier alpha value is -3.69. The van der Waals surface area contributed by atoms with Gasteiger partial charge in [-0.05, 0) is 42.8 Å². The number of benzene rings is 1. The third kappa shape index (κ3) is 4.17. The molecule has 1 atom stereocenters. The highest BCUT2D eigenvalue weighted by Crippen LogP contribution is 2.35. The first kappa shape index (κ1) is 23.1. The summed E-state index contributed by atoms with van der Waals surface area (Å²) in [5.74, 6) is 2.66. The lowest BCUT2D eigenvalue weighted by atomic mass is 10.1. The highest BCUT2D eigenvalue weighted by molar-refractivity contribution is 6.31. The molecule has 1 aromatic carbocycles. The first-order chi connectivity index (χ1) is 17.0. The van der Waals surface area contributed by atoms with Crippen molar-refractivity contribution < 1.29 is 14.2 Å². The zero-order valence-corrected chi connectivity index (χ0v) is 20.5. The number of rotatable bonds is 7. The zero-order valence-electron chi connectivity index (χ0n) is 19.7. The number of nitrogens with zero attached hydrogens (tertiary/aromatic N) is 6. The Bertz CT molecular complexity index is 1380. The molecule has 2 aliphatic heterocycles. The fraction of sp³-hybridized carbons (Fsp3) is 0.280. The molecule has 10 heteroatoms. The van der Waals surface area contributed by atoms with Crippen LogP contribution >= 0.6 is 11.6 Å². The van der Waals surface area contributed by atoms with Crippen LogP contribution in [0.3, 0.4) is 0 Å².